The molecule has 2 saturated heterocycles. The Kier molecular flexibility index (Phi) is 12.1. The van der Waals surface area contributed by atoms with Crippen molar-refractivity contribution in [1.82, 2.24) is 19.5 Å². The summed E-state index contributed by atoms with van der Waals surface area (Å²) in [5, 5.41) is 13.9. The number of ether oxygens (including phenoxy) is 2. The van der Waals surface area contributed by atoms with E-state index in [4.69, 9.17) is 9.47 Å². The average Bonchev–Trinajstić information content (AvgIpc) is 3.79. The lowest BCUT2D eigenvalue weighted by Gasteiger charge is -2.51. The standard InChI is InChI=1S/C39H47F3N4O8S2/c1-4-9-32-38(54-28-22-25(2)55-24-28,15-8-19-46(32)35(48)33-30(39(40,41)42)11-7-18-43-33)36(49)45-20-16-37(50,17-21-45)29-10-5-6-12-31(29)53-27-14-13-26(23-27)34(47)44-56(3,51)52/h5-7,10-12,18,22,24,26-27,32,50H,4,8-9,13-17,19-21,23H2,1-3H3,(H,44,47)/t26-,27-,32-,38+/m1/s1. The summed E-state index contributed by atoms with van der Waals surface area (Å²) < 4.78 is 80.5. The Balaban J connectivity index is 1.24. The number of nitrogens with one attached hydrogen (secondary N) is 1. The number of hydrogen-bond acceptors (Lipinski definition) is 10. The molecule has 0 bridgehead atoms. The van der Waals surface area contributed by atoms with Crippen LogP contribution < -0.4 is 14.2 Å². The fraction of sp³-hybridized carbons (Fsp3) is 0.538. The highest BCUT2D eigenvalue weighted by Crippen LogP contribution is 2.44. The number of halogens is 3. The van der Waals surface area contributed by atoms with Gasteiger partial charge in [-0.15, -0.1) is 11.3 Å². The maximum atomic E-state index is 15.0. The van der Waals surface area contributed by atoms with Crippen molar-refractivity contribution in [2.45, 2.75) is 101 Å². The molecule has 12 nitrogen and oxygen atoms in total. The van der Waals surface area contributed by atoms with Crippen molar-refractivity contribution in [2.24, 2.45) is 5.92 Å². The van der Waals surface area contributed by atoms with E-state index in [1.807, 2.05) is 18.6 Å². The number of aliphatic hydroxyl groups is 1. The molecule has 1 saturated carbocycles. The molecule has 17 heteroatoms. The molecule has 4 atom stereocenters. The molecule has 304 valence electrons. The third kappa shape index (κ3) is 8.84. The van der Waals surface area contributed by atoms with Gasteiger partial charge in [-0.3, -0.25) is 24.1 Å². The zero-order chi connectivity index (χ0) is 40.5. The predicted octanol–water partition coefficient (Wildman–Crippen LogP) is 5.83. The van der Waals surface area contributed by atoms with E-state index in [0.717, 1.165) is 29.5 Å². The maximum absolute atomic E-state index is 15.0. The number of rotatable bonds is 11. The molecule has 4 heterocycles. The Morgan fingerprint density at radius 2 is 1.80 bits per heavy atom. The highest BCUT2D eigenvalue weighted by atomic mass is 32.2. The number of aromatic nitrogens is 1. The molecule has 3 fully saturated rings. The molecule has 2 N–H and O–H groups in total. The number of benzene rings is 1. The number of thiophene rings is 1. The Labute approximate surface area is 328 Å². The van der Waals surface area contributed by atoms with Crippen LogP contribution in [0.5, 0.6) is 11.5 Å². The molecule has 1 aliphatic carbocycles. The first kappa shape index (κ1) is 41.4. The number of para-hydroxylation sites is 1. The number of likely N-dealkylation sites (tertiary alicyclic amines) is 2. The number of hydrogen-bond donors (Lipinski definition) is 2. The molecule has 3 amide bonds. The van der Waals surface area contributed by atoms with Crippen LogP contribution in [-0.2, 0) is 31.4 Å². The Hall–Kier alpha value is -4.22. The van der Waals surface area contributed by atoms with E-state index >= 15 is 4.79 Å². The summed E-state index contributed by atoms with van der Waals surface area (Å²) >= 11 is 1.42. The van der Waals surface area contributed by atoms with Crippen LogP contribution in [-0.4, -0.2) is 89.7 Å². The molecular weight excluding hydrogens is 774 g/mol. The maximum Gasteiger partial charge on any atom is 0.418 e. The summed E-state index contributed by atoms with van der Waals surface area (Å²) in [6.45, 7) is 4.10. The van der Waals surface area contributed by atoms with Crippen molar-refractivity contribution in [3.63, 3.8) is 0 Å². The van der Waals surface area contributed by atoms with Crippen molar-refractivity contribution >= 4 is 39.1 Å². The van der Waals surface area contributed by atoms with Gasteiger partial charge in [-0.25, -0.2) is 8.42 Å². The average molecular weight is 821 g/mol. The number of carbonyl (C=O) groups excluding carboxylic acids is 3. The summed E-state index contributed by atoms with van der Waals surface area (Å²) in [4.78, 5) is 49.3. The van der Waals surface area contributed by atoms with Gasteiger partial charge in [0.15, 0.2) is 0 Å². The minimum Gasteiger partial charge on any atom is -0.490 e. The van der Waals surface area contributed by atoms with Gasteiger partial charge in [0.25, 0.3) is 11.8 Å². The number of piperidine rings is 2. The van der Waals surface area contributed by atoms with Gasteiger partial charge in [0.1, 0.15) is 17.2 Å². The van der Waals surface area contributed by atoms with Crippen LogP contribution in [0.1, 0.15) is 91.2 Å². The second-order valence-corrected chi connectivity index (χ2v) is 17.9. The molecule has 56 heavy (non-hydrogen) atoms. The van der Waals surface area contributed by atoms with Gasteiger partial charge in [-0.2, -0.15) is 13.2 Å². The van der Waals surface area contributed by atoms with Gasteiger partial charge in [0.05, 0.1) is 29.6 Å². The number of aryl methyl sites for hydroxylation is 1. The van der Waals surface area contributed by atoms with Crippen molar-refractivity contribution in [1.29, 1.82) is 0 Å². The summed E-state index contributed by atoms with van der Waals surface area (Å²) in [7, 11) is -3.70. The van der Waals surface area contributed by atoms with Gasteiger partial charge in [-0.05, 0) is 76.1 Å². The second-order valence-electron chi connectivity index (χ2n) is 15.0. The van der Waals surface area contributed by atoms with Crippen LogP contribution in [0.15, 0.2) is 54.0 Å². The normalized spacial score (nSPS) is 24.1. The number of sulfonamides is 1. The third-order valence-corrected chi connectivity index (χ3v) is 12.4. The monoisotopic (exact) mass is 820 g/mol. The van der Waals surface area contributed by atoms with E-state index in [-0.39, 0.29) is 57.8 Å². The van der Waals surface area contributed by atoms with E-state index < -0.39 is 68.3 Å². The van der Waals surface area contributed by atoms with Crippen molar-refractivity contribution in [2.75, 3.05) is 25.9 Å². The van der Waals surface area contributed by atoms with Crippen LogP contribution >= 0.6 is 11.3 Å². The van der Waals surface area contributed by atoms with Crippen LogP contribution in [0.25, 0.3) is 0 Å². The molecule has 0 radical (unpaired) electrons. The van der Waals surface area contributed by atoms with Crippen LogP contribution in [0.4, 0.5) is 13.2 Å². The first-order chi connectivity index (χ1) is 26.4. The summed E-state index contributed by atoms with van der Waals surface area (Å²) in [6, 6.07) is 9.86. The van der Waals surface area contributed by atoms with E-state index in [2.05, 4.69) is 4.98 Å². The largest absolute Gasteiger partial charge is 0.490 e. The highest BCUT2D eigenvalue weighted by Gasteiger charge is 2.56. The summed E-state index contributed by atoms with van der Waals surface area (Å²) in [5.41, 5.74) is -4.40. The van der Waals surface area contributed by atoms with Crippen molar-refractivity contribution in [3.05, 3.63) is 75.7 Å². The molecular formula is C39H47F3N4O8S2. The van der Waals surface area contributed by atoms with Crippen molar-refractivity contribution < 1.29 is 50.6 Å². The van der Waals surface area contributed by atoms with Crippen LogP contribution in [0.2, 0.25) is 0 Å². The molecule has 3 aliphatic rings. The van der Waals surface area contributed by atoms with Gasteiger partial charge in [0, 0.05) is 54.0 Å². The quantitative estimate of drug-likeness (QED) is 0.243. The molecule has 6 rings (SSSR count). The second kappa shape index (κ2) is 16.3. The molecule has 0 unspecified atom stereocenters. The number of nitrogens with zero attached hydrogens (tertiary/aromatic N) is 3. The number of carbonyl (C=O) groups is 3. The third-order valence-electron chi connectivity index (χ3n) is 11.0. The van der Waals surface area contributed by atoms with E-state index in [9.17, 15) is 36.3 Å². The molecule has 2 aromatic heterocycles. The Morgan fingerprint density at radius 3 is 2.46 bits per heavy atom. The molecule has 3 aromatic rings. The van der Waals surface area contributed by atoms with Gasteiger partial charge < -0.3 is 24.4 Å². The fourth-order valence-electron chi connectivity index (χ4n) is 8.33. The lowest BCUT2D eigenvalue weighted by Crippen LogP contribution is -2.68. The topological polar surface area (TPSA) is 155 Å². The number of amides is 3. The SMILES string of the molecule is CCC[C@H]1N(C(=O)c2ncccc2C(F)(F)F)CCC[C@@]1(Oc1csc(C)c1)C(=O)N1CCC(O)(c2ccccc2O[C@@H]2CC[C@@H](C(=O)NS(C)(=O)=O)C2)CC1. The van der Waals surface area contributed by atoms with E-state index in [1.165, 1.54) is 16.2 Å². The van der Waals surface area contributed by atoms with E-state index in [1.54, 1.807) is 40.6 Å². The lowest BCUT2D eigenvalue weighted by atomic mass is 9.78. The smallest absolute Gasteiger partial charge is 0.418 e. The Bertz CT molecular complexity index is 2040. The predicted molar refractivity (Wildman–Crippen MR) is 202 cm³/mol. The molecule has 2 aliphatic heterocycles. The minimum atomic E-state index is -4.82. The van der Waals surface area contributed by atoms with E-state index in [0.29, 0.717) is 42.7 Å². The first-order valence-corrected chi connectivity index (χ1v) is 21.6. The summed E-state index contributed by atoms with van der Waals surface area (Å²) in [6.07, 6.45) is -0.350. The summed E-state index contributed by atoms with van der Waals surface area (Å²) in [5.74, 6) is -1.60. The van der Waals surface area contributed by atoms with Crippen LogP contribution in [0.3, 0.4) is 0 Å². The molecule has 1 aromatic carbocycles. The van der Waals surface area contributed by atoms with Crippen LogP contribution in [0, 0.1) is 12.8 Å². The first-order valence-electron chi connectivity index (χ1n) is 18.8. The van der Waals surface area contributed by atoms with Crippen molar-refractivity contribution in [3.8, 4) is 11.5 Å². The minimum absolute atomic E-state index is 0.110. The zero-order valence-corrected chi connectivity index (χ0v) is 33.1. The number of alkyl halides is 3. The zero-order valence-electron chi connectivity index (χ0n) is 31.5. The highest BCUT2D eigenvalue weighted by molar-refractivity contribution is 7.89. The Morgan fingerprint density at radius 1 is 1.07 bits per heavy atom. The van der Waals surface area contributed by atoms with Gasteiger partial charge >= 0.3 is 6.18 Å². The number of pyridine rings is 1. The lowest BCUT2D eigenvalue weighted by molar-refractivity contribution is -0.163. The fourth-order valence-corrected chi connectivity index (χ4v) is 9.46. The van der Waals surface area contributed by atoms with Gasteiger partial charge in [-0.1, -0.05) is 31.5 Å². The van der Waals surface area contributed by atoms with Gasteiger partial charge in [0.2, 0.25) is 21.5 Å². The molecule has 0 spiro atoms.